The van der Waals surface area contributed by atoms with Crippen LogP contribution in [-0.2, 0) is 10.8 Å². The summed E-state index contributed by atoms with van der Waals surface area (Å²) in [5.41, 5.74) is 7.55. The van der Waals surface area contributed by atoms with Crippen LogP contribution < -0.4 is 11.1 Å². The van der Waals surface area contributed by atoms with Crippen molar-refractivity contribution in [1.29, 1.82) is 5.26 Å². The van der Waals surface area contributed by atoms with Gasteiger partial charge >= 0.3 is 0 Å². The van der Waals surface area contributed by atoms with Crippen LogP contribution in [0.15, 0.2) is 18.2 Å². The average Bonchev–Trinajstić information content (AvgIpc) is 2.29. The van der Waals surface area contributed by atoms with Gasteiger partial charge in [0.2, 0.25) is 0 Å². The fourth-order valence-electron chi connectivity index (χ4n) is 1.36. The lowest BCUT2D eigenvalue weighted by Crippen LogP contribution is -2.14. The number of nitrogens with two attached hydrogens (primary N) is 1. The van der Waals surface area contributed by atoms with E-state index in [0.29, 0.717) is 11.3 Å². The Labute approximate surface area is 104 Å². The van der Waals surface area contributed by atoms with E-state index in [9.17, 15) is 4.21 Å². The van der Waals surface area contributed by atoms with Crippen molar-refractivity contribution in [3.8, 4) is 6.07 Å². The highest BCUT2D eigenvalue weighted by Gasteiger charge is 2.05. The third-order valence-corrected chi connectivity index (χ3v) is 3.99. The van der Waals surface area contributed by atoms with Gasteiger partial charge in [0.25, 0.3) is 0 Å². The minimum atomic E-state index is -0.785. The molecule has 0 aromatic heterocycles. The van der Waals surface area contributed by atoms with Gasteiger partial charge in [-0.05, 0) is 24.6 Å². The number of rotatable bonds is 5. The number of hydrogen-bond acceptors (Lipinski definition) is 4. The van der Waals surface area contributed by atoms with Gasteiger partial charge in [-0.3, -0.25) is 4.21 Å². The Bertz CT molecular complexity index is 454. The molecule has 17 heavy (non-hydrogen) atoms. The molecule has 0 aliphatic carbocycles. The van der Waals surface area contributed by atoms with E-state index in [-0.39, 0.29) is 5.25 Å². The summed E-state index contributed by atoms with van der Waals surface area (Å²) in [5.74, 6) is 0. The van der Waals surface area contributed by atoms with Gasteiger partial charge < -0.3 is 11.1 Å². The van der Waals surface area contributed by atoms with Crippen LogP contribution in [0, 0.1) is 11.3 Å². The molecular formula is C12H17N3OS. The minimum Gasteiger partial charge on any atom is -0.398 e. The van der Waals surface area contributed by atoms with Gasteiger partial charge in [-0.2, -0.15) is 5.26 Å². The lowest BCUT2D eigenvalue weighted by Gasteiger charge is -2.10. The number of anilines is 2. The summed E-state index contributed by atoms with van der Waals surface area (Å²) in [6.45, 7) is 2.71. The summed E-state index contributed by atoms with van der Waals surface area (Å²) >= 11 is 0. The van der Waals surface area contributed by atoms with Gasteiger partial charge in [-0.15, -0.1) is 0 Å². The zero-order valence-electron chi connectivity index (χ0n) is 10.1. The zero-order valence-corrected chi connectivity index (χ0v) is 10.9. The molecule has 0 amide bonds. The van der Waals surface area contributed by atoms with Gasteiger partial charge in [0.1, 0.15) is 6.07 Å². The van der Waals surface area contributed by atoms with E-state index in [4.69, 9.17) is 11.0 Å². The fourth-order valence-corrected chi connectivity index (χ4v) is 1.81. The molecule has 1 rings (SSSR count). The molecule has 3 N–H and O–H groups in total. The molecule has 0 spiro atoms. The summed E-state index contributed by atoms with van der Waals surface area (Å²) in [5, 5.41) is 12.1. The maximum Gasteiger partial charge on any atom is 0.101 e. The predicted molar refractivity (Wildman–Crippen MR) is 72.2 cm³/mol. The molecule has 2 atom stereocenters. The third kappa shape index (κ3) is 4.08. The topological polar surface area (TPSA) is 78.9 Å². The number of nitriles is 1. The second-order valence-electron chi connectivity index (χ2n) is 3.94. The van der Waals surface area contributed by atoms with E-state index in [1.807, 2.05) is 19.1 Å². The van der Waals surface area contributed by atoms with E-state index in [1.165, 1.54) is 0 Å². The normalized spacial score (nSPS) is 13.7. The molecule has 0 saturated carbocycles. The number of nitrogens with zero attached hydrogens (tertiary/aromatic N) is 1. The smallest absolute Gasteiger partial charge is 0.101 e. The third-order valence-electron chi connectivity index (χ3n) is 2.62. The monoisotopic (exact) mass is 251 g/mol. The first-order valence-corrected chi connectivity index (χ1v) is 7.02. The standard InChI is InChI=1S/C12H17N3OS/c1-9(17(2)16)5-6-15-11-4-3-10(8-13)12(14)7-11/h3-4,7,9,15H,5-6,14H2,1-2H3. The summed E-state index contributed by atoms with van der Waals surface area (Å²) < 4.78 is 11.2. The predicted octanol–water partition coefficient (Wildman–Crippen LogP) is 1.71. The van der Waals surface area contributed by atoms with Gasteiger partial charge in [0, 0.05) is 34.5 Å². The molecule has 0 saturated heterocycles. The van der Waals surface area contributed by atoms with E-state index in [2.05, 4.69) is 5.32 Å². The van der Waals surface area contributed by atoms with E-state index >= 15 is 0 Å². The number of nitrogen functional groups attached to an aromatic ring is 1. The van der Waals surface area contributed by atoms with Crippen molar-refractivity contribution < 1.29 is 4.21 Å². The van der Waals surface area contributed by atoms with E-state index in [0.717, 1.165) is 18.7 Å². The second-order valence-corrected chi connectivity index (χ2v) is 5.74. The quantitative estimate of drug-likeness (QED) is 0.781. The molecule has 0 radical (unpaired) electrons. The Morgan fingerprint density at radius 2 is 2.29 bits per heavy atom. The molecule has 0 aliphatic rings. The van der Waals surface area contributed by atoms with Gasteiger partial charge in [-0.25, -0.2) is 0 Å². The Morgan fingerprint density at radius 3 is 2.82 bits per heavy atom. The summed E-state index contributed by atoms with van der Waals surface area (Å²) in [7, 11) is -0.785. The molecule has 5 heteroatoms. The Kier molecular flexibility index (Phi) is 4.98. The lowest BCUT2D eigenvalue weighted by molar-refractivity contribution is 0.672. The van der Waals surface area contributed by atoms with Crippen molar-refractivity contribution in [1.82, 2.24) is 0 Å². The fraction of sp³-hybridized carbons (Fsp3) is 0.417. The Hall–Kier alpha value is -1.54. The van der Waals surface area contributed by atoms with Crippen molar-refractivity contribution in [3.63, 3.8) is 0 Å². The highest BCUT2D eigenvalue weighted by atomic mass is 32.2. The van der Waals surface area contributed by atoms with Crippen molar-refractivity contribution in [2.75, 3.05) is 23.9 Å². The van der Waals surface area contributed by atoms with Crippen LogP contribution in [0.4, 0.5) is 11.4 Å². The van der Waals surface area contributed by atoms with Crippen LogP contribution in [0.5, 0.6) is 0 Å². The molecular weight excluding hydrogens is 234 g/mol. The molecule has 0 aliphatic heterocycles. The zero-order chi connectivity index (χ0) is 12.8. The average molecular weight is 251 g/mol. The molecule has 1 aromatic rings. The van der Waals surface area contributed by atoms with Crippen LogP contribution >= 0.6 is 0 Å². The van der Waals surface area contributed by atoms with Crippen LogP contribution in [0.2, 0.25) is 0 Å². The molecule has 0 fully saturated rings. The van der Waals surface area contributed by atoms with Crippen molar-refractivity contribution in [2.45, 2.75) is 18.6 Å². The van der Waals surface area contributed by atoms with Crippen LogP contribution in [-0.4, -0.2) is 22.3 Å². The molecule has 0 bridgehead atoms. The largest absolute Gasteiger partial charge is 0.398 e. The Morgan fingerprint density at radius 1 is 1.59 bits per heavy atom. The number of nitrogens with one attached hydrogen (secondary N) is 1. The number of benzene rings is 1. The maximum atomic E-state index is 11.2. The second kappa shape index (κ2) is 6.26. The summed E-state index contributed by atoms with van der Waals surface area (Å²) in [4.78, 5) is 0. The first-order chi connectivity index (χ1) is 8.04. The maximum absolute atomic E-state index is 11.2. The van der Waals surface area contributed by atoms with Gasteiger partial charge in [0.05, 0.1) is 11.3 Å². The number of hydrogen-bond donors (Lipinski definition) is 2. The van der Waals surface area contributed by atoms with E-state index in [1.54, 1.807) is 18.4 Å². The highest BCUT2D eigenvalue weighted by molar-refractivity contribution is 7.84. The van der Waals surface area contributed by atoms with Crippen molar-refractivity contribution in [2.24, 2.45) is 0 Å². The van der Waals surface area contributed by atoms with Crippen molar-refractivity contribution >= 4 is 22.2 Å². The Balaban J connectivity index is 2.51. The molecule has 0 heterocycles. The molecule has 2 unspecified atom stereocenters. The summed E-state index contributed by atoms with van der Waals surface area (Å²) in [6.07, 6.45) is 2.55. The summed E-state index contributed by atoms with van der Waals surface area (Å²) in [6, 6.07) is 7.28. The lowest BCUT2D eigenvalue weighted by atomic mass is 10.2. The van der Waals surface area contributed by atoms with Crippen LogP contribution in [0.25, 0.3) is 0 Å². The SMILES string of the molecule is CC(CCNc1ccc(C#N)c(N)c1)S(C)=O. The van der Waals surface area contributed by atoms with Crippen LogP contribution in [0.3, 0.4) is 0 Å². The van der Waals surface area contributed by atoms with E-state index < -0.39 is 10.8 Å². The minimum absolute atomic E-state index is 0.179. The first-order valence-electron chi connectivity index (χ1n) is 5.40. The molecule has 4 nitrogen and oxygen atoms in total. The molecule has 92 valence electrons. The van der Waals surface area contributed by atoms with Crippen molar-refractivity contribution in [3.05, 3.63) is 23.8 Å². The van der Waals surface area contributed by atoms with Gasteiger partial charge in [-0.1, -0.05) is 6.92 Å². The first kappa shape index (κ1) is 13.5. The van der Waals surface area contributed by atoms with Gasteiger partial charge in [0.15, 0.2) is 0 Å². The highest BCUT2D eigenvalue weighted by Crippen LogP contribution is 2.17. The van der Waals surface area contributed by atoms with Crippen LogP contribution in [0.1, 0.15) is 18.9 Å². The molecule has 1 aromatic carbocycles.